The van der Waals surface area contributed by atoms with Crippen LogP contribution in [0.1, 0.15) is 20.3 Å². The van der Waals surface area contributed by atoms with E-state index in [1.54, 1.807) is 31.2 Å². The fraction of sp³-hybridized carbons (Fsp3) is 0.412. The van der Waals surface area contributed by atoms with Crippen LogP contribution in [0.15, 0.2) is 29.4 Å². The quantitative estimate of drug-likeness (QED) is 0.258. The molecule has 0 bridgehead atoms. The highest BCUT2D eigenvalue weighted by Gasteiger charge is 2.12. The van der Waals surface area contributed by atoms with E-state index in [-0.39, 0.29) is 18.9 Å². The maximum absolute atomic E-state index is 12.0. The molecule has 142 valence electrons. The molecule has 0 radical (unpaired) electrons. The lowest BCUT2D eigenvalue weighted by molar-refractivity contribution is -0.139. The first-order chi connectivity index (χ1) is 12.5. The van der Waals surface area contributed by atoms with Gasteiger partial charge in [0.1, 0.15) is 5.75 Å². The summed E-state index contributed by atoms with van der Waals surface area (Å²) in [5.41, 5.74) is 3.07. The molecule has 0 aliphatic heterocycles. The first-order valence-electron chi connectivity index (χ1n) is 8.09. The van der Waals surface area contributed by atoms with Crippen LogP contribution >= 0.6 is 0 Å². The number of hydrogen-bond donors (Lipinski definition) is 3. The molecule has 0 aliphatic carbocycles. The van der Waals surface area contributed by atoms with Gasteiger partial charge in [-0.1, -0.05) is 0 Å². The normalized spacial score (nSPS) is 10.8. The average molecular weight is 364 g/mol. The summed E-state index contributed by atoms with van der Waals surface area (Å²) in [7, 11) is 1.48. The highest BCUT2D eigenvalue weighted by atomic mass is 16.5. The molecule has 9 nitrogen and oxygen atoms in total. The predicted octanol–water partition coefficient (Wildman–Crippen LogP) is 0.669. The number of methoxy groups -OCH3 is 1. The second-order valence-electron chi connectivity index (χ2n) is 5.22. The van der Waals surface area contributed by atoms with Crippen LogP contribution in [0.4, 0.5) is 5.69 Å². The van der Waals surface area contributed by atoms with Crippen LogP contribution in [0.2, 0.25) is 0 Å². The Morgan fingerprint density at radius 1 is 1.12 bits per heavy atom. The summed E-state index contributed by atoms with van der Waals surface area (Å²) in [6.45, 7) is 4.54. The Labute approximate surface area is 152 Å². The second-order valence-corrected chi connectivity index (χ2v) is 5.22. The summed E-state index contributed by atoms with van der Waals surface area (Å²) < 4.78 is 10.1. The lowest BCUT2D eigenvalue weighted by Gasteiger charge is -2.07. The minimum atomic E-state index is -0.910. The highest BCUT2D eigenvalue weighted by Crippen LogP contribution is 2.15. The molecule has 0 atom stereocenters. The average Bonchev–Trinajstić information content (AvgIpc) is 2.61. The Bertz CT molecular complexity index is 643. The molecule has 3 amide bonds. The van der Waals surface area contributed by atoms with E-state index in [0.29, 0.717) is 24.6 Å². The number of anilines is 1. The lowest BCUT2D eigenvalue weighted by Crippen LogP contribution is -2.39. The maximum Gasteiger partial charge on any atom is 0.329 e. The van der Waals surface area contributed by atoms with E-state index in [2.05, 4.69) is 21.2 Å². The molecule has 9 heteroatoms. The van der Waals surface area contributed by atoms with E-state index < -0.39 is 11.8 Å². The minimum absolute atomic E-state index is 0.0290. The van der Waals surface area contributed by atoms with E-state index in [9.17, 15) is 14.4 Å². The molecule has 0 saturated carbocycles. The molecular weight excluding hydrogens is 340 g/mol. The molecule has 1 aromatic carbocycles. The number of nitrogens with zero attached hydrogens (tertiary/aromatic N) is 1. The number of amides is 3. The van der Waals surface area contributed by atoms with Crippen molar-refractivity contribution in [1.82, 2.24) is 10.7 Å². The smallest absolute Gasteiger partial charge is 0.329 e. The third-order valence-corrected chi connectivity index (χ3v) is 3.01. The number of carbonyl (C=O) groups is 3. The number of hydrogen-bond acceptors (Lipinski definition) is 6. The monoisotopic (exact) mass is 364 g/mol. The summed E-state index contributed by atoms with van der Waals surface area (Å²) >= 11 is 0. The fourth-order valence-corrected chi connectivity index (χ4v) is 1.82. The van der Waals surface area contributed by atoms with Crippen molar-refractivity contribution in [2.75, 3.05) is 32.2 Å². The summed E-state index contributed by atoms with van der Waals surface area (Å²) in [5.74, 6) is -1.31. The summed E-state index contributed by atoms with van der Waals surface area (Å²) in [4.78, 5) is 34.9. The Hall–Kier alpha value is -2.94. The van der Waals surface area contributed by atoms with Gasteiger partial charge in [-0.2, -0.15) is 5.10 Å². The van der Waals surface area contributed by atoms with Gasteiger partial charge in [-0.3, -0.25) is 14.4 Å². The van der Waals surface area contributed by atoms with Crippen molar-refractivity contribution in [3.63, 3.8) is 0 Å². The molecule has 1 rings (SSSR count). The molecule has 0 saturated heterocycles. The Morgan fingerprint density at radius 2 is 1.81 bits per heavy atom. The maximum atomic E-state index is 12.0. The van der Waals surface area contributed by atoms with Crippen molar-refractivity contribution in [3.05, 3.63) is 24.3 Å². The molecule has 1 aromatic rings. The third-order valence-electron chi connectivity index (χ3n) is 3.01. The minimum Gasteiger partial charge on any atom is -0.494 e. The first kappa shape index (κ1) is 21.1. The zero-order valence-electron chi connectivity index (χ0n) is 15.1. The molecule has 3 N–H and O–H groups in total. The molecule has 0 aromatic heterocycles. The van der Waals surface area contributed by atoms with Crippen LogP contribution in [-0.4, -0.2) is 50.3 Å². The Kier molecular flexibility index (Phi) is 9.40. The molecule has 0 aliphatic rings. The number of benzene rings is 1. The Morgan fingerprint density at radius 3 is 2.42 bits per heavy atom. The van der Waals surface area contributed by atoms with Gasteiger partial charge in [-0.15, -0.1) is 0 Å². The van der Waals surface area contributed by atoms with E-state index in [1.165, 1.54) is 7.11 Å². The second kappa shape index (κ2) is 11.6. The SMILES string of the molecule is CCOc1ccc(NC(=O)C/C(C)=N\NC(=O)C(=O)NCCOC)cc1. The first-order valence-corrected chi connectivity index (χ1v) is 8.09. The number of nitrogens with one attached hydrogen (secondary N) is 3. The number of rotatable bonds is 9. The van der Waals surface area contributed by atoms with Gasteiger partial charge < -0.3 is 20.1 Å². The molecule has 0 spiro atoms. The van der Waals surface area contributed by atoms with Crippen molar-refractivity contribution in [2.45, 2.75) is 20.3 Å². The van der Waals surface area contributed by atoms with Crippen LogP contribution in [0.3, 0.4) is 0 Å². The summed E-state index contributed by atoms with van der Waals surface area (Å²) in [5, 5.41) is 8.80. The van der Waals surface area contributed by atoms with Crippen molar-refractivity contribution in [1.29, 1.82) is 0 Å². The van der Waals surface area contributed by atoms with Gasteiger partial charge in [-0.05, 0) is 38.1 Å². The van der Waals surface area contributed by atoms with Crippen molar-refractivity contribution >= 4 is 29.1 Å². The van der Waals surface area contributed by atoms with Gasteiger partial charge >= 0.3 is 11.8 Å². The lowest BCUT2D eigenvalue weighted by atomic mass is 10.2. The van der Waals surface area contributed by atoms with Crippen molar-refractivity contribution < 1.29 is 23.9 Å². The topological polar surface area (TPSA) is 118 Å². The van der Waals surface area contributed by atoms with Crippen molar-refractivity contribution in [3.8, 4) is 5.75 Å². The molecular formula is C17H24N4O5. The van der Waals surface area contributed by atoms with Gasteiger partial charge in [-0.25, -0.2) is 5.43 Å². The van der Waals surface area contributed by atoms with E-state index in [0.717, 1.165) is 5.75 Å². The number of carbonyl (C=O) groups excluding carboxylic acids is 3. The standard InChI is InChI=1S/C17H24N4O5/c1-4-26-14-7-5-13(6-8-14)19-15(22)11-12(2)20-21-17(24)16(23)18-9-10-25-3/h5-8H,4,9-11H2,1-3H3,(H,18,23)(H,19,22)(H,21,24)/b20-12-. The number of ether oxygens (including phenoxy) is 2. The van der Waals surface area contributed by atoms with Gasteiger partial charge in [0.25, 0.3) is 0 Å². The molecule has 26 heavy (non-hydrogen) atoms. The zero-order valence-corrected chi connectivity index (χ0v) is 15.1. The van der Waals surface area contributed by atoms with Crippen LogP contribution in [0, 0.1) is 0 Å². The zero-order chi connectivity index (χ0) is 19.4. The van der Waals surface area contributed by atoms with Gasteiger partial charge in [0.15, 0.2) is 0 Å². The van der Waals surface area contributed by atoms with E-state index in [1.807, 2.05) is 6.92 Å². The van der Waals surface area contributed by atoms with Crippen LogP contribution in [-0.2, 0) is 19.1 Å². The fourth-order valence-electron chi connectivity index (χ4n) is 1.82. The molecule has 0 fully saturated rings. The third kappa shape index (κ3) is 8.25. The largest absolute Gasteiger partial charge is 0.494 e. The van der Waals surface area contributed by atoms with Crippen LogP contribution in [0.5, 0.6) is 5.75 Å². The highest BCUT2D eigenvalue weighted by molar-refractivity contribution is 6.35. The van der Waals surface area contributed by atoms with Gasteiger partial charge in [0, 0.05) is 25.1 Å². The van der Waals surface area contributed by atoms with Gasteiger partial charge in [0.2, 0.25) is 5.91 Å². The van der Waals surface area contributed by atoms with Crippen molar-refractivity contribution in [2.24, 2.45) is 5.10 Å². The van der Waals surface area contributed by atoms with E-state index in [4.69, 9.17) is 9.47 Å². The van der Waals surface area contributed by atoms with Crippen LogP contribution < -0.4 is 20.8 Å². The van der Waals surface area contributed by atoms with Crippen LogP contribution in [0.25, 0.3) is 0 Å². The summed E-state index contributed by atoms with van der Waals surface area (Å²) in [6, 6.07) is 6.95. The Balaban J connectivity index is 2.41. The molecule has 0 heterocycles. The van der Waals surface area contributed by atoms with Gasteiger partial charge in [0.05, 0.1) is 19.6 Å². The summed E-state index contributed by atoms with van der Waals surface area (Å²) in [6.07, 6.45) is -0.0290. The molecule has 0 unspecified atom stereocenters. The number of hydrazone groups is 1. The predicted molar refractivity (Wildman–Crippen MR) is 97.0 cm³/mol. The van der Waals surface area contributed by atoms with E-state index >= 15 is 0 Å².